The minimum Gasteiger partial charge on any atom is -0.492 e. The van der Waals surface area contributed by atoms with Crippen molar-refractivity contribution in [2.45, 2.75) is 6.92 Å². The number of aromatic nitrogens is 1. The van der Waals surface area contributed by atoms with Crippen LogP contribution in [0, 0.1) is 0 Å². The molecule has 0 fully saturated rings. The Hall–Kier alpha value is -2.56. The van der Waals surface area contributed by atoms with Gasteiger partial charge in [0.2, 0.25) is 0 Å². The molecule has 1 aromatic heterocycles. The van der Waals surface area contributed by atoms with Gasteiger partial charge in [0, 0.05) is 18.9 Å². The van der Waals surface area contributed by atoms with Crippen molar-refractivity contribution in [2.24, 2.45) is 0 Å². The number of pyridine rings is 1. The lowest BCUT2D eigenvalue weighted by Gasteiger charge is -2.11. The summed E-state index contributed by atoms with van der Waals surface area (Å²) < 4.78 is 5.52. The zero-order valence-electron chi connectivity index (χ0n) is 12.0. The monoisotopic (exact) mass is 285 g/mol. The van der Waals surface area contributed by atoms with Gasteiger partial charge in [0.1, 0.15) is 12.4 Å². The van der Waals surface area contributed by atoms with Crippen molar-refractivity contribution in [1.29, 1.82) is 0 Å². The van der Waals surface area contributed by atoms with Crippen LogP contribution in [0.1, 0.15) is 17.3 Å². The molecule has 0 atom stereocenters. The van der Waals surface area contributed by atoms with Crippen LogP contribution in [0.4, 0.5) is 5.69 Å². The molecule has 5 heteroatoms. The van der Waals surface area contributed by atoms with E-state index in [9.17, 15) is 4.79 Å². The van der Waals surface area contributed by atoms with Gasteiger partial charge in [-0.3, -0.25) is 9.78 Å². The second-order valence-corrected chi connectivity index (χ2v) is 4.37. The van der Waals surface area contributed by atoms with Gasteiger partial charge in [-0.05, 0) is 25.1 Å². The molecular formula is C16H19N3O2. The Morgan fingerprint density at radius 2 is 2.05 bits per heavy atom. The van der Waals surface area contributed by atoms with E-state index in [2.05, 4.69) is 15.6 Å². The van der Waals surface area contributed by atoms with Crippen LogP contribution in [0.2, 0.25) is 0 Å². The van der Waals surface area contributed by atoms with E-state index in [4.69, 9.17) is 4.74 Å². The van der Waals surface area contributed by atoms with E-state index < -0.39 is 0 Å². The summed E-state index contributed by atoms with van der Waals surface area (Å²) in [5, 5.41) is 5.97. The highest BCUT2D eigenvalue weighted by Crippen LogP contribution is 2.12. The first-order chi connectivity index (χ1) is 10.3. The van der Waals surface area contributed by atoms with Crippen LogP contribution < -0.4 is 15.4 Å². The minimum absolute atomic E-state index is 0.157. The van der Waals surface area contributed by atoms with E-state index in [-0.39, 0.29) is 5.91 Å². The molecule has 2 rings (SSSR count). The van der Waals surface area contributed by atoms with Crippen LogP contribution in [0.25, 0.3) is 0 Å². The summed E-state index contributed by atoms with van der Waals surface area (Å²) in [7, 11) is 0. The van der Waals surface area contributed by atoms with Crippen LogP contribution in [0.3, 0.4) is 0 Å². The number of rotatable bonds is 7. The summed E-state index contributed by atoms with van der Waals surface area (Å²) in [6.07, 6.45) is 3.22. The largest absolute Gasteiger partial charge is 0.492 e. The molecule has 5 nitrogen and oxygen atoms in total. The fourth-order valence-electron chi connectivity index (χ4n) is 1.87. The number of benzene rings is 1. The molecule has 1 heterocycles. The summed E-state index contributed by atoms with van der Waals surface area (Å²) in [5.41, 5.74) is 1.33. The quantitative estimate of drug-likeness (QED) is 0.766. The summed E-state index contributed by atoms with van der Waals surface area (Å²) in [6.45, 7) is 3.60. The summed E-state index contributed by atoms with van der Waals surface area (Å²) in [4.78, 5) is 16.1. The van der Waals surface area contributed by atoms with E-state index in [1.165, 1.54) is 0 Å². The van der Waals surface area contributed by atoms with Gasteiger partial charge in [0.25, 0.3) is 5.91 Å². The average molecular weight is 285 g/mol. The molecule has 0 bridgehead atoms. The maximum Gasteiger partial charge on any atom is 0.255 e. The first kappa shape index (κ1) is 14.8. The number of hydrogen-bond donors (Lipinski definition) is 2. The number of ether oxygens (including phenoxy) is 1. The predicted molar refractivity (Wildman–Crippen MR) is 82.7 cm³/mol. The standard InChI is InChI=1S/C16H19N3O2/c1-2-18-15-8-9-17-12-14(15)16(20)19-10-11-21-13-6-4-3-5-7-13/h3-9,12H,2,10-11H2,1H3,(H,17,18)(H,19,20). The molecule has 0 radical (unpaired) electrons. The number of carbonyl (C=O) groups excluding carboxylic acids is 1. The lowest BCUT2D eigenvalue weighted by atomic mass is 10.2. The number of nitrogens with one attached hydrogen (secondary N) is 2. The van der Waals surface area contributed by atoms with E-state index in [1.54, 1.807) is 18.5 Å². The second-order valence-electron chi connectivity index (χ2n) is 4.37. The highest BCUT2D eigenvalue weighted by Gasteiger charge is 2.10. The number of nitrogens with zero attached hydrogens (tertiary/aromatic N) is 1. The van der Waals surface area contributed by atoms with Crippen LogP contribution in [-0.4, -0.2) is 30.6 Å². The molecule has 0 saturated carbocycles. The van der Waals surface area contributed by atoms with Crippen molar-refractivity contribution < 1.29 is 9.53 Å². The molecule has 0 aliphatic carbocycles. The number of amides is 1. The summed E-state index contributed by atoms with van der Waals surface area (Å²) >= 11 is 0. The van der Waals surface area contributed by atoms with Gasteiger partial charge in [-0.2, -0.15) is 0 Å². The molecule has 0 saturated heterocycles. The normalized spacial score (nSPS) is 9.95. The molecule has 0 spiro atoms. The maximum absolute atomic E-state index is 12.1. The molecule has 1 aromatic carbocycles. The third-order valence-corrected chi connectivity index (χ3v) is 2.83. The topological polar surface area (TPSA) is 63.2 Å². The fourth-order valence-corrected chi connectivity index (χ4v) is 1.87. The lowest BCUT2D eigenvalue weighted by Crippen LogP contribution is -2.28. The Balaban J connectivity index is 1.82. The molecule has 1 amide bonds. The predicted octanol–water partition coefficient (Wildman–Crippen LogP) is 2.32. The van der Waals surface area contributed by atoms with E-state index in [0.717, 1.165) is 18.0 Å². The average Bonchev–Trinajstić information content (AvgIpc) is 2.53. The van der Waals surface area contributed by atoms with Gasteiger partial charge in [-0.1, -0.05) is 18.2 Å². The molecule has 0 aliphatic heterocycles. The number of anilines is 1. The zero-order valence-corrected chi connectivity index (χ0v) is 12.0. The van der Waals surface area contributed by atoms with Gasteiger partial charge < -0.3 is 15.4 Å². The lowest BCUT2D eigenvalue weighted by molar-refractivity contribution is 0.0947. The van der Waals surface area contributed by atoms with E-state index >= 15 is 0 Å². The highest BCUT2D eigenvalue weighted by molar-refractivity contribution is 5.99. The van der Waals surface area contributed by atoms with Gasteiger partial charge in [-0.15, -0.1) is 0 Å². The fraction of sp³-hybridized carbons (Fsp3) is 0.250. The molecule has 110 valence electrons. The third kappa shape index (κ3) is 4.49. The first-order valence-corrected chi connectivity index (χ1v) is 6.95. The van der Waals surface area contributed by atoms with Gasteiger partial charge in [0.05, 0.1) is 17.8 Å². The molecule has 0 aliphatic rings. The highest BCUT2D eigenvalue weighted by atomic mass is 16.5. The van der Waals surface area contributed by atoms with Gasteiger partial charge in [-0.25, -0.2) is 0 Å². The Morgan fingerprint density at radius 3 is 2.81 bits per heavy atom. The smallest absolute Gasteiger partial charge is 0.255 e. The number of hydrogen-bond acceptors (Lipinski definition) is 4. The Labute approximate surface area is 124 Å². The van der Waals surface area contributed by atoms with Gasteiger partial charge >= 0.3 is 0 Å². The third-order valence-electron chi connectivity index (χ3n) is 2.83. The summed E-state index contributed by atoms with van der Waals surface area (Å²) in [6, 6.07) is 11.3. The van der Waals surface area contributed by atoms with Crippen LogP contribution in [0.15, 0.2) is 48.8 Å². The van der Waals surface area contributed by atoms with Crippen molar-refractivity contribution in [2.75, 3.05) is 25.0 Å². The van der Waals surface area contributed by atoms with Crippen molar-refractivity contribution in [3.8, 4) is 5.75 Å². The summed E-state index contributed by atoms with van der Waals surface area (Å²) in [5.74, 6) is 0.636. The Kier molecular flexibility index (Phi) is 5.58. The van der Waals surface area contributed by atoms with Crippen LogP contribution in [-0.2, 0) is 0 Å². The first-order valence-electron chi connectivity index (χ1n) is 6.95. The second kappa shape index (κ2) is 7.89. The Morgan fingerprint density at radius 1 is 1.24 bits per heavy atom. The molecule has 2 N–H and O–H groups in total. The SMILES string of the molecule is CCNc1ccncc1C(=O)NCCOc1ccccc1. The van der Waals surface area contributed by atoms with Crippen molar-refractivity contribution in [3.05, 3.63) is 54.4 Å². The minimum atomic E-state index is -0.157. The zero-order chi connectivity index (χ0) is 14.9. The molecular weight excluding hydrogens is 266 g/mol. The van der Waals surface area contributed by atoms with Crippen LogP contribution >= 0.6 is 0 Å². The van der Waals surface area contributed by atoms with Crippen LogP contribution in [0.5, 0.6) is 5.75 Å². The number of para-hydroxylation sites is 1. The van der Waals surface area contributed by atoms with Crippen molar-refractivity contribution in [1.82, 2.24) is 10.3 Å². The van der Waals surface area contributed by atoms with E-state index in [0.29, 0.717) is 18.7 Å². The van der Waals surface area contributed by atoms with E-state index in [1.807, 2.05) is 37.3 Å². The maximum atomic E-state index is 12.1. The molecule has 0 unspecified atom stereocenters. The molecule has 2 aromatic rings. The molecule has 21 heavy (non-hydrogen) atoms. The van der Waals surface area contributed by atoms with Crippen molar-refractivity contribution >= 4 is 11.6 Å². The number of carbonyl (C=O) groups is 1. The van der Waals surface area contributed by atoms with Crippen molar-refractivity contribution in [3.63, 3.8) is 0 Å². The van der Waals surface area contributed by atoms with Gasteiger partial charge in [0.15, 0.2) is 0 Å². The Bertz CT molecular complexity index is 573.